The van der Waals surface area contributed by atoms with Gasteiger partial charge >= 0.3 is 0 Å². The van der Waals surface area contributed by atoms with Crippen molar-refractivity contribution in [2.75, 3.05) is 19.1 Å². The average Bonchev–Trinajstić information content (AvgIpc) is 2.34. The Morgan fingerprint density at radius 2 is 1.94 bits per heavy atom. The Morgan fingerprint density at radius 1 is 1.29 bits per heavy atom. The van der Waals surface area contributed by atoms with E-state index in [2.05, 4.69) is 4.27 Å². The first-order chi connectivity index (χ1) is 8.01. The summed E-state index contributed by atoms with van der Waals surface area (Å²) in [5.74, 6) is 0.650. The summed E-state index contributed by atoms with van der Waals surface area (Å²) in [6.07, 6.45) is -2.80. The Hall–Kier alpha value is 0.0149. The third-order valence-electron chi connectivity index (χ3n) is 2.78. The lowest BCUT2D eigenvalue weighted by Crippen LogP contribution is -2.58. The Labute approximate surface area is 104 Å². The quantitative estimate of drug-likeness (QED) is 0.528. The minimum absolute atomic E-state index is 0.300. The van der Waals surface area contributed by atoms with E-state index in [1.807, 2.05) is 6.26 Å². The molecule has 17 heavy (non-hydrogen) atoms. The second-order valence-corrected chi connectivity index (χ2v) is 5.77. The minimum Gasteiger partial charge on any atom is -0.388 e. The molecule has 0 aromatic carbocycles. The molecule has 1 heterocycles. The van der Waals surface area contributed by atoms with Crippen LogP contribution >= 0.6 is 0 Å². The van der Waals surface area contributed by atoms with Crippen molar-refractivity contribution >= 4 is 18.7 Å². The van der Waals surface area contributed by atoms with Crippen molar-refractivity contribution in [2.24, 2.45) is 4.27 Å². The number of methoxy groups -OCH3 is 1. The van der Waals surface area contributed by atoms with Crippen molar-refractivity contribution < 1.29 is 24.8 Å². The molecule has 1 aliphatic heterocycles. The molecule has 4 unspecified atom stereocenters. The molecule has 0 aromatic heterocycles. The normalized spacial score (nSPS) is 40.4. The summed E-state index contributed by atoms with van der Waals surface area (Å²) in [6.45, 7) is 0. The van der Waals surface area contributed by atoms with Crippen LogP contribution in [0.3, 0.4) is 0 Å². The Bertz CT molecular complexity index is 278. The smallest absolute Gasteiger partial charge is 0.270 e. The monoisotopic (exact) mass is 263 g/mol. The maximum absolute atomic E-state index is 9.76. The van der Waals surface area contributed by atoms with Crippen molar-refractivity contribution in [3.8, 4) is 0 Å². The molecule has 1 saturated heterocycles. The van der Waals surface area contributed by atoms with E-state index in [0.29, 0.717) is 12.2 Å². The number of hydrogen-bond donors (Lipinski definition) is 3. The number of nitrogens with zero attached hydrogens (tertiary/aromatic N) is 1. The minimum atomic E-state index is -1.27. The first-order valence-corrected chi connectivity index (χ1v) is 7.03. The first-order valence-electron chi connectivity index (χ1n) is 5.27. The molecule has 1 fully saturated rings. The summed E-state index contributed by atoms with van der Waals surface area (Å²) < 4.78 is 13.9. The lowest BCUT2D eigenvalue weighted by atomic mass is 9.97. The molecular weight excluding hydrogens is 245 g/mol. The number of hydrogen-bond acceptors (Lipinski definition) is 6. The van der Waals surface area contributed by atoms with Crippen LogP contribution in [0.4, 0.5) is 0 Å². The van der Waals surface area contributed by atoms with Crippen LogP contribution in [-0.4, -0.2) is 73.1 Å². The van der Waals surface area contributed by atoms with Crippen molar-refractivity contribution in [3.05, 3.63) is 0 Å². The maximum Gasteiger partial charge on any atom is 0.270 e. The van der Waals surface area contributed by atoms with Gasteiger partial charge in [-0.1, -0.05) is 0 Å². The summed E-state index contributed by atoms with van der Waals surface area (Å²) in [5.41, 5.74) is 0. The molecule has 98 valence electrons. The van der Waals surface area contributed by atoms with Crippen LogP contribution in [0.1, 0.15) is 6.42 Å². The van der Waals surface area contributed by atoms with Gasteiger partial charge in [0.25, 0.3) is 7.98 Å². The molecule has 0 saturated carbocycles. The van der Waals surface area contributed by atoms with Gasteiger partial charge < -0.3 is 29.1 Å². The summed E-state index contributed by atoms with van der Waals surface area (Å²) >= 11 is 0. The van der Waals surface area contributed by atoms with E-state index in [0.717, 1.165) is 0 Å². The van der Waals surface area contributed by atoms with Gasteiger partial charge in [-0.2, -0.15) is 0 Å². The van der Waals surface area contributed by atoms with Gasteiger partial charge in [-0.15, -0.1) is 10.7 Å². The number of aliphatic hydroxyl groups excluding tert-OH is 3. The standard InChI is InChI=1S/C9H18BNO5S/c1-15-9-8(14)7(13)6(12)5(16-9)3-4-17(2)11-10/h5-9,12-14H,3-4H2,1-2H3/t5?,6-,7?,8?,9+,17?/m1/s1. The first kappa shape index (κ1) is 15.1. The highest BCUT2D eigenvalue weighted by Crippen LogP contribution is 2.23. The third-order valence-corrected chi connectivity index (χ3v) is 3.96. The van der Waals surface area contributed by atoms with Gasteiger partial charge in [0.1, 0.15) is 18.3 Å². The van der Waals surface area contributed by atoms with Gasteiger partial charge in [0.15, 0.2) is 6.29 Å². The van der Waals surface area contributed by atoms with Gasteiger partial charge in [-0.05, 0) is 12.7 Å². The van der Waals surface area contributed by atoms with Crippen LogP contribution in [0.15, 0.2) is 4.27 Å². The Morgan fingerprint density at radius 3 is 2.47 bits per heavy atom. The van der Waals surface area contributed by atoms with Gasteiger partial charge in [-0.25, -0.2) is 0 Å². The summed E-state index contributed by atoms with van der Waals surface area (Å²) in [7, 11) is 6.22. The summed E-state index contributed by atoms with van der Waals surface area (Å²) in [5, 5.41) is 28.9. The van der Waals surface area contributed by atoms with Crippen LogP contribution in [0.5, 0.6) is 0 Å². The molecule has 6 nitrogen and oxygen atoms in total. The summed E-state index contributed by atoms with van der Waals surface area (Å²) in [4.78, 5) is 0. The topological polar surface area (TPSA) is 91.5 Å². The fourth-order valence-corrected chi connectivity index (χ4v) is 2.37. The zero-order chi connectivity index (χ0) is 13.0. The lowest BCUT2D eigenvalue weighted by molar-refractivity contribution is -0.289. The van der Waals surface area contributed by atoms with Crippen molar-refractivity contribution in [3.63, 3.8) is 0 Å². The molecule has 2 radical (unpaired) electrons. The number of ether oxygens (including phenoxy) is 2. The van der Waals surface area contributed by atoms with E-state index < -0.39 is 30.7 Å². The molecule has 8 heteroatoms. The van der Waals surface area contributed by atoms with Gasteiger partial charge in [0.05, 0.1) is 6.10 Å². The molecule has 1 aliphatic rings. The molecule has 6 atom stereocenters. The largest absolute Gasteiger partial charge is 0.388 e. The van der Waals surface area contributed by atoms with Crippen molar-refractivity contribution in [1.29, 1.82) is 0 Å². The second-order valence-electron chi connectivity index (χ2n) is 3.95. The highest BCUT2D eigenvalue weighted by atomic mass is 32.2. The SMILES string of the molecule is [B]/N=S(/C)CCC1O[C@H](OC)C(O)C(O)[C@@H]1O. The van der Waals surface area contributed by atoms with Crippen LogP contribution in [0.25, 0.3) is 0 Å². The van der Waals surface area contributed by atoms with E-state index in [4.69, 9.17) is 17.5 Å². The molecule has 3 N–H and O–H groups in total. The molecule has 0 aliphatic carbocycles. The molecule has 0 aromatic rings. The molecule has 0 spiro atoms. The van der Waals surface area contributed by atoms with Crippen LogP contribution < -0.4 is 0 Å². The molecule has 0 bridgehead atoms. The van der Waals surface area contributed by atoms with Gasteiger partial charge in [0.2, 0.25) is 0 Å². The molecule has 1 rings (SSSR count). The number of aliphatic hydroxyl groups is 3. The third kappa shape index (κ3) is 3.74. The predicted octanol–water partition coefficient (Wildman–Crippen LogP) is -1.65. The highest BCUT2D eigenvalue weighted by molar-refractivity contribution is 7.87. The number of rotatable bonds is 4. The van der Waals surface area contributed by atoms with Crippen LogP contribution in [-0.2, 0) is 20.2 Å². The highest BCUT2D eigenvalue weighted by Gasteiger charge is 2.43. The zero-order valence-corrected chi connectivity index (χ0v) is 10.7. The predicted molar refractivity (Wildman–Crippen MR) is 64.6 cm³/mol. The van der Waals surface area contributed by atoms with Crippen molar-refractivity contribution in [1.82, 2.24) is 0 Å². The lowest BCUT2D eigenvalue weighted by Gasteiger charge is -2.39. The summed E-state index contributed by atoms with van der Waals surface area (Å²) in [6, 6.07) is 0. The fourth-order valence-electron chi connectivity index (χ4n) is 1.69. The van der Waals surface area contributed by atoms with E-state index in [1.165, 1.54) is 7.11 Å². The Balaban J connectivity index is 2.59. The van der Waals surface area contributed by atoms with Crippen LogP contribution in [0, 0.1) is 0 Å². The second kappa shape index (κ2) is 6.82. The Kier molecular flexibility index (Phi) is 6.04. The van der Waals surface area contributed by atoms with Crippen molar-refractivity contribution in [2.45, 2.75) is 37.1 Å². The van der Waals surface area contributed by atoms with Gasteiger partial charge in [0, 0.05) is 12.9 Å². The fraction of sp³-hybridized carbons (Fsp3) is 1.00. The van der Waals surface area contributed by atoms with E-state index in [-0.39, 0.29) is 10.7 Å². The van der Waals surface area contributed by atoms with E-state index in [9.17, 15) is 15.3 Å². The van der Waals surface area contributed by atoms with Gasteiger partial charge in [-0.3, -0.25) is 0 Å². The maximum atomic E-state index is 9.76. The average molecular weight is 263 g/mol. The van der Waals surface area contributed by atoms with E-state index >= 15 is 0 Å². The zero-order valence-electron chi connectivity index (χ0n) is 9.89. The molecular formula is C9H18BNO5S. The van der Waals surface area contributed by atoms with E-state index in [1.54, 1.807) is 0 Å². The molecule has 0 amide bonds. The van der Waals surface area contributed by atoms with Crippen LogP contribution in [0.2, 0.25) is 0 Å².